The van der Waals surface area contributed by atoms with Gasteiger partial charge < -0.3 is 9.84 Å². The van der Waals surface area contributed by atoms with Crippen LogP contribution in [0.25, 0.3) is 11.4 Å². The number of hydrogen-bond acceptors (Lipinski definition) is 6. The molecule has 1 fully saturated rings. The molecule has 2 aromatic carbocycles. The number of nitrogens with zero attached hydrogens (tertiary/aromatic N) is 3. The van der Waals surface area contributed by atoms with Crippen LogP contribution in [0.3, 0.4) is 0 Å². The van der Waals surface area contributed by atoms with E-state index in [0.29, 0.717) is 39.9 Å². The van der Waals surface area contributed by atoms with E-state index in [1.807, 2.05) is 30.3 Å². The molecule has 180 valence electrons. The fourth-order valence-electron chi connectivity index (χ4n) is 3.79. The number of benzene rings is 2. The van der Waals surface area contributed by atoms with Crippen LogP contribution in [0.15, 0.2) is 47.0 Å². The SMILES string of the molecule is O=C(NCCSCc1ccc(Cl)c(Cl)c1)C1CCN(Cc2nc(-c3ccc(Cl)cc3)no2)CC1. The van der Waals surface area contributed by atoms with E-state index in [4.69, 9.17) is 39.3 Å². The normalized spacial score (nSPS) is 14.9. The number of amides is 1. The second kappa shape index (κ2) is 12.3. The van der Waals surface area contributed by atoms with Crippen molar-refractivity contribution in [3.63, 3.8) is 0 Å². The molecule has 0 unspecified atom stereocenters. The number of piperidine rings is 1. The van der Waals surface area contributed by atoms with Gasteiger partial charge in [-0.15, -0.1) is 0 Å². The highest BCUT2D eigenvalue weighted by Gasteiger charge is 2.25. The number of hydrogen-bond donors (Lipinski definition) is 1. The Balaban J connectivity index is 1.13. The largest absolute Gasteiger partial charge is 0.355 e. The molecule has 0 spiro atoms. The van der Waals surface area contributed by atoms with Crippen molar-refractivity contribution in [2.45, 2.75) is 25.1 Å². The lowest BCUT2D eigenvalue weighted by Crippen LogP contribution is -2.40. The van der Waals surface area contributed by atoms with Gasteiger partial charge in [-0.1, -0.05) is 46.0 Å². The van der Waals surface area contributed by atoms with Crippen LogP contribution in [0.2, 0.25) is 15.1 Å². The van der Waals surface area contributed by atoms with Crippen molar-refractivity contribution in [3.05, 3.63) is 69.0 Å². The molecule has 0 bridgehead atoms. The van der Waals surface area contributed by atoms with E-state index in [0.717, 1.165) is 48.6 Å². The maximum absolute atomic E-state index is 12.5. The highest BCUT2D eigenvalue weighted by Crippen LogP contribution is 2.25. The monoisotopic (exact) mass is 538 g/mol. The molecule has 1 saturated heterocycles. The number of carbonyl (C=O) groups is 1. The number of carbonyl (C=O) groups excluding carboxylic acids is 1. The van der Waals surface area contributed by atoms with Gasteiger partial charge in [0.05, 0.1) is 16.6 Å². The molecule has 1 aromatic heterocycles. The van der Waals surface area contributed by atoms with E-state index in [1.54, 1.807) is 23.9 Å². The second-order valence-corrected chi connectivity index (χ2v) is 10.5. The van der Waals surface area contributed by atoms with Crippen molar-refractivity contribution in [2.75, 3.05) is 25.4 Å². The summed E-state index contributed by atoms with van der Waals surface area (Å²) in [6.07, 6.45) is 1.64. The molecule has 1 aliphatic heterocycles. The maximum atomic E-state index is 12.5. The van der Waals surface area contributed by atoms with Gasteiger partial charge in [0.15, 0.2) is 0 Å². The van der Waals surface area contributed by atoms with Gasteiger partial charge in [-0.3, -0.25) is 9.69 Å². The molecule has 0 aliphatic carbocycles. The third kappa shape index (κ3) is 7.12. The Labute approximate surface area is 218 Å². The Morgan fingerprint density at radius 2 is 1.85 bits per heavy atom. The van der Waals surface area contributed by atoms with Gasteiger partial charge in [-0.05, 0) is 67.9 Å². The first-order valence-corrected chi connectivity index (χ1v) is 13.4. The van der Waals surface area contributed by atoms with Crippen LogP contribution in [0.1, 0.15) is 24.3 Å². The average Bonchev–Trinajstić information content (AvgIpc) is 3.30. The van der Waals surface area contributed by atoms with Crippen molar-refractivity contribution < 1.29 is 9.32 Å². The summed E-state index contributed by atoms with van der Waals surface area (Å²) in [7, 11) is 0. The molecule has 0 radical (unpaired) electrons. The fourth-order valence-corrected chi connectivity index (χ4v) is 5.04. The van der Waals surface area contributed by atoms with E-state index >= 15 is 0 Å². The van der Waals surface area contributed by atoms with Crippen molar-refractivity contribution in [3.8, 4) is 11.4 Å². The van der Waals surface area contributed by atoms with Gasteiger partial charge in [-0.25, -0.2) is 0 Å². The molecule has 1 aliphatic rings. The molecular weight excluding hydrogens is 515 g/mol. The van der Waals surface area contributed by atoms with Crippen LogP contribution in [-0.2, 0) is 17.1 Å². The van der Waals surface area contributed by atoms with Gasteiger partial charge in [0.1, 0.15) is 0 Å². The van der Waals surface area contributed by atoms with Crippen LogP contribution in [0.5, 0.6) is 0 Å². The predicted octanol–water partition coefficient (Wildman–Crippen LogP) is 5.96. The van der Waals surface area contributed by atoms with E-state index in [1.165, 1.54) is 0 Å². The Hall–Kier alpha value is -1.77. The second-order valence-electron chi connectivity index (χ2n) is 8.16. The number of halogens is 3. The zero-order chi connectivity index (χ0) is 23.9. The minimum atomic E-state index is 0.0450. The summed E-state index contributed by atoms with van der Waals surface area (Å²) in [4.78, 5) is 19.3. The van der Waals surface area contributed by atoms with Crippen LogP contribution in [-0.4, -0.2) is 46.3 Å². The molecule has 3 aromatic rings. The molecule has 0 atom stereocenters. The van der Waals surface area contributed by atoms with Gasteiger partial charge in [-0.2, -0.15) is 16.7 Å². The van der Waals surface area contributed by atoms with Crippen LogP contribution in [0.4, 0.5) is 0 Å². The predicted molar refractivity (Wildman–Crippen MR) is 138 cm³/mol. The zero-order valence-corrected chi connectivity index (χ0v) is 21.6. The van der Waals surface area contributed by atoms with Gasteiger partial charge >= 0.3 is 0 Å². The lowest BCUT2D eigenvalue weighted by molar-refractivity contribution is -0.126. The standard InChI is InChI=1S/C24H25Cl3N4O2S/c25-19-4-2-17(3-5-19)23-29-22(33-30-23)14-31-10-7-18(8-11-31)24(32)28-9-12-34-15-16-1-6-20(26)21(27)13-16/h1-6,13,18H,7-12,14-15H2,(H,28,32). The number of thioether (sulfide) groups is 1. The minimum Gasteiger partial charge on any atom is -0.355 e. The summed E-state index contributed by atoms with van der Waals surface area (Å²) in [6, 6.07) is 13.0. The lowest BCUT2D eigenvalue weighted by Gasteiger charge is -2.30. The third-order valence-electron chi connectivity index (χ3n) is 5.69. The summed E-state index contributed by atoms with van der Waals surface area (Å²) in [5.41, 5.74) is 1.99. The topological polar surface area (TPSA) is 71.3 Å². The number of rotatable bonds is 9. The molecule has 1 N–H and O–H groups in total. The maximum Gasteiger partial charge on any atom is 0.241 e. The first kappa shape index (κ1) is 25.3. The first-order valence-electron chi connectivity index (χ1n) is 11.1. The fraction of sp³-hybridized carbons (Fsp3) is 0.375. The van der Waals surface area contributed by atoms with Crippen molar-refractivity contribution in [2.24, 2.45) is 5.92 Å². The van der Waals surface area contributed by atoms with Crippen molar-refractivity contribution >= 4 is 52.5 Å². The molecule has 6 nitrogen and oxygen atoms in total. The molecule has 0 saturated carbocycles. The molecule has 34 heavy (non-hydrogen) atoms. The Bertz CT molecular complexity index is 1100. The minimum absolute atomic E-state index is 0.0450. The first-order chi connectivity index (χ1) is 16.5. The van der Waals surface area contributed by atoms with Gasteiger partial charge in [0, 0.05) is 34.6 Å². The number of nitrogens with one attached hydrogen (secondary N) is 1. The summed E-state index contributed by atoms with van der Waals surface area (Å²) in [5, 5.41) is 8.94. The Morgan fingerprint density at radius 1 is 1.09 bits per heavy atom. The average molecular weight is 540 g/mol. The summed E-state index contributed by atoms with van der Waals surface area (Å²) >= 11 is 19.7. The summed E-state index contributed by atoms with van der Waals surface area (Å²) in [5.74, 6) is 2.99. The van der Waals surface area contributed by atoms with Crippen LogP contribution < -0.4 is 5.32 Å². The van der Waals surface area contributed by atoms with E-state index in [2.05, 4.69) is 20.4 Å². The Kier molecular flexibility index (Phi) is 9.14. The van der Waals surface area contributed by atoms with Crippen LogP contribution >= 0.6 is 46.6 Å². The Morgan fingerprint density at radius 3 is 2.59 bits per heavy atom. The molecule has 2 heterocycles. The lowest BCUT2D eigenvalue weighted by atomic mass is 9.96. The van der Waals surface area contributed by atoms with Gasteiger partial charge in [0.25, 0.3) is 0 Å². The quantitative estimate of drug-likeness (QED) is 0.338. The smallest absolute Gasteiger partial charge is 0.241 e. The number of likely N-dealkylation sites (tertiary alicyclic amines) is 1. The highest BCUT2D eigenvalue weighted by molar-refractivity contribution is 7.98. The van der Waals surface area contributed by atoms with Crippen molar-refractivity contribution in [1.29, 1.82) is 0 Å². The van der Waals surface area contributed by atoms with Crippen molar-refractivity contribution in [1.82, 2.24) is 20.4 Å². The molecular formula is C24H25Cl3N4O2S. The van der Waals surface area contributed by atoms with Crippen LogP contribution in [0, 0.1) is 5.92 Å². The summed E-state index contributed by atoms with van der Waals surface area (Å²) < 4.78 is 5.42. The number of aromatic nitrogens is 2. The molecule has 4 rings (SSSR count). The third-order valence-corrected chi connectivity index (χ3v) is 7.71. The summed E-state index contributed by atoms with van der Waals surface area (Å²) in [6.45, 7) is 2.88. The molecule has 1 amide bonds. The van der Waals surface area contributed by atoms with E-state index < -0.39 is 0 Å². The van der Waals surface area contributed by atoms with Gasteiger partial charge in [0.2, 0.25) is 17.6 Å². The van der Waals surface area contributed by atoms with E-state index in [9.17, 15) is 4.79 Å². The highest BCUT2D eigenvalue weighted by atomic mass is 35.5. The van der Waals surface area contributed by atoms with E-state index in [-0.39, 0.29) is 11.8 Å². The zero-order valence-electron chi connectivity index (χ0n) is 18.5. The molecule has 10 heteroatoms.